The SMILES string of the molecule is COc1ccccc1NC(=O)[C@H](Cc1ccccc1)NC(=O)c1ccccc1NC(=O)c1ccccc1. The fourth-order valence-corrected chi connectivity index (χ4v) is 3.84. The Morgan fingerprint density at radius 3 is 1.97 bits per heavy atom. The molecule has 0 aromatic heterocycles. The van der Waals surface area contributed by atoms with Gasteiger partial charge in [0.1, 0.15) is 11.8 Å². The molecule has 4 aromatic carbocycles. The van der Waals surface area contributed by atoms with E-state index in [1.165, 1.54) is 7.11 Å². The molecular formula is C30H27N3O4. The van der Waals surface area contributed by atoms with Crippen molar-refractivity contribution in [3.63, 3.8) is 0 Å². The van der Waals surface area contributed by atoms with E-state index in [1.807, 2.05) is 36.4 Å². The van der Waals surface area contributed by atoms with Crippen molar-refractivity contribution in [1.82, 2.24) is 5.32 Å². The fourth-order valence-electron chi connectivity index (χ4n) is 3.84. The molecule has 7 nitrogen and oxygen atoms in total. The van der Waals surface area contributed by atoms with Crippen LogP contribution in [0, 0.1) is 0 Å². The molecule has 0 aliphatic heterocycles. The standard InChI is InChI=1S/C30H27N3O4/c1-37-27-19-11-10-18-25(27)32-30(36)26(20-21-12-4-2-5-13-21)33-29(35)23-16-8-9-17-24(23)31-28(34)22-14-6-3-7-15-22/h2-19,26H,20H2,1H3,(H,31,34)(H,32,36)(H,33,35)/t26-/m0/s1. The van der Waals surface area contributed by atoms with Crippen molar-refractivity contribution in [3.8, 4) is 5.75 Å². The van der Waals surface area contributed by atoms with Crippen molar-refractivity contribution in [1.29, 1.82) is 0 Å². The van der Waals surface area contributed by atoms with Gasteiger partial charge in [-0.15, -0.1) is 0 Å². The van der Waals surface area contributed by atoms with Crippen molar-refractivity contribution in [2.45, 2.75) is 12.5 Å². The van der Waals surface area contributed by atoms with Crippen LogP contribution in [-0.4, -0.2) is 30.9 Å². The molecule has 0 fully saturated rings. The summed E-state index contributed by atoms with van der Waals surface area (Å²) in [6.07, 6.45) is 0.270. The van der Waals surface area contributed by atoms with E-state index in [-0.39, 0.29) is 17.9 Å². The number of carbonyl (C=O) groups is 3. The van der Waals surface area contributed by atoms with E-state index in [0.717, 1.165) is 5.56 Å². The number of methoxy groups -OCH3 is 1. The molecule has 0 aliphatic carbocycles. The van der Waals surface area contributed by atoms with Gasteiger partial charge in [0.25, 0.3) is 11.8 Å². The number of hydrogen-bond acceptors (Lipinski definition) is 4. The lowest BCUT2D eigenvalue weighted by Gasteiger charge is -2.20. The van der Waals surface area contributed by atoms with Crippen molar-refractivity contribution in [3.05, 3.63) is 126 Å². The van der Waals surface area contributed by atoms with Gasteiger partial charge in [0.2, 0.25) is 5.91 Å². The van der Waals surface area contributed by atoms with Crippen LogP contribution in [0.3, 0.4) is 0 Å². The molecule has 0 aliphatic rings. The van der Waals surface area contributed by atoms with E-state index in [2.05, 4.69) is 16.0 Å². The maximum Gasteiger partial charge on any atom is 0.255 e. The number of hydrogen-bond donors (Lipinski definition) is 3. The Balaban J connectivity index is 1.56. The topological polar surface area (TPSA) is 96.5 Å². The van der Waals surface area contributed by atoms with Gasteiger partial charge in [-0.1, -0.05) is 72.8 Å². The van der Waals surface area contributed by atoms with Crippen LogP contribution in [-0.2, 0) is 11.2 Å². The molecule has 4 aromatic rings. The number of para-hydroxylation sites is 3. The number of rotatable bonds is 9. The van der Waals surface area contributed by atoms with Crippen LogP contribution in [0.1, 0.15) is 26.3 Å². The van der Waals surface area contributed by atoms with Gasteiger partial charge in [-0.2, -0.15) is 0 Å². The molecule has 0 bridgehead atoms. The summed E-state index contributed by atoms with van der Waals surface area (Å²) in [6, 6.07) is 31.0. The third-order valence-electron chi connectivity index (χ3n) is 5.73. The zero-order valence-electron chi connectivity index (χ0n) is 20.3. The smallest absolute Gasteiger partial charge is 0.255 e. The Hall–Kier alpha value is -4.91. The van der Waals surface area contributed by atoms with Crippen LogP contribution in [0.4, 0.5) is 11.4 Å². The van der Waals surface area contributed by atoms with Crippen molar-refractivity contribution in [2.75, 3.05) is 17.7 Å². The Kier molecular flexibility index (Phi) is 8.29. The second kappa shape index (κ2) is 12.2. The van der Waals surface area contributed by atoms with Gasteiger partial charge < -0.3 is 20.7 Å². The Morgan fingerprint density at radius 1 is 0.676 bits per heavy atom. The minimum absolute atomic E-state index is 0.245. The van der Waals surface area contributed by atoms with Gasteiger partial charge in [0.15, 0.2) is 0 Å². The largest absolute Gasteiger partial charge is 0.495 e. The summed E-state index contributed by atoms with van der Waals surface area (Å²) < 4.78 is 5.34. The Bertz CT molecular complexity index is 1370. The Morgan fingerprint density at radius 2 is 1.27 bits per heavy atom. The summed E-state index contributed by atoms with van der Waals surface area (Å²) in [5.41, 5.74) is 2.44. The fraction of sp³-hybridized carbons (Fsp3) is 0.100. The molecule has 186 valence electrons. The Labute approximate surface area is 215 Å². The van der Waals surface area contributed by atoms with Crippen LogP contribution in [0.2, 0.25) is 0 Å². The molecule has 3 amide bonds. The molecular weight excluding hydrogens is 466 g/mol. The first-order valence-corrected chi connectivity index (χ1v) is 11.8. The zero-order valence-corrected chi connectivity index (χ0v) is 20.3. The summed E-state index contributed by atoms with van der Waals surface area (Å²) in [7, 11) is 1.52. The average molecular weight is 494 g/mol. The van der Waals surface area contributed by atoms with Crippen molar-refractivity contribution < 1.29 is 19.1 Å². The number of amides is 3. The van der Waals surface area contributed by atoms with Crippen LogP contribution < -0.4 is 20.7 Å². The number of benzene rings is 4. The van der Waals surface area contributed by atoms with Crippen LogP contribution in [0.25, 0.3) is 0 Å². The number of anilines is 2. The van der Waals surface area contributed by atoms with Crippen LogP contribution >= 0.6 is 0 Å². The van der Waals surface area contributed by atoms with E-state index in [1.54, 1.807) is 72.8 Å². The van der Waals surface area contributed by atoms with E-state index >= 15 is 0 Å². The first-order valence-electron chi connectivity index (χ1n) is 11.8. The number of ether oxygens (including phenoxy) is 1. The van der Waals surface area contributed by atoms with E-state index < -0.39 is 17.9 Å². The van der Waals surface area contributed by atoms with E-state index in [9.17, 15) is 14.4 Å². The maximum absolute atomic E-state index is 13.4. The molecule has 7 heteroatoms. The van der Waals surface area contributed by atoms with Crippen LogP contribution in [0.15, 0.2) is 109 Å². The summed E-state index contributed by atoms with van der Waals surface area (Å²) in [4.78, 5) is 39.5. The van der Waals surface area contributed by atoms with Gasteiger partial charge >= 0.3 is 0 Å². The lowest BCUT2D eigenvalue weighted by Crippen LogP contribution is -2.45. The van der Waals surface area contributed by atoms with Crippen LogP contribution in [0.5, 0.6) is 5.75 Å². The second-order valence-electron chi connectivity index (χ2n) is 8.27. The first kappa shape index (κ1) is 25.2. The summed E-state index contributed by atoms with van der Waals surface area (Å²) in [6.45, 7) is 0. The monoisotopic (exact) mass is 493 g/mol. The molecule has 0 heterocycles. The molecule has 4 rings (SSSR count). The zero-order chi connectivity index (χ0) is 26.0. The molecule has 0 saturated carbocycles. The summed E-state index contributed by atoms with van der Waals surface area (Å²) in [5, 5.41) is 8.51. The average Bonchev–Trinajstić information content (AvgIpc) is 2.94. The molecule has 0 saturated heterocycles. The molecule has 0 unspecified atom stereocenters. The normalized spacial score (nSPS) is 11.2. The third kappa shape index (κ3) is 6.61. The lowest BCUT2D eigenvalue weighted by atomic mass is 10.0. The van der Waals surface area contributed by atoms with Crippen molar-refractivity contribution >= 4 is 29.1 Å². The quantitative estimate of drug-likeness (QED) is 0.308. The highest BCUT2D eigenvalue weighted by molar-refractivity contribution is 6.10. The van der Waals surface area contributed by atoms with E-state index in [4.69, 9.17) is 4.74 Å². The highest BCUT2D eigenvalue weighted by atomic mass is 16.5. The lowest BCUT2D eigenvalue weighted by molar-refractivity contribution is -0.118. The number of carbonyl (C=O) groups excluding carboxylic acids is 3. The van der Waals surface area contributed by atoms with Gasteiger partial charge in [0.05, 0.1) is 24.0 Å². The second-order valence-corrected chi connectivity index (χ2v) is 8.27. The minimum Gasteiger partial charge on any atom is -0.495 e. The highest BCUT2D eigenvalue weighted by Crippen LogP contribution is 2.24. The molecule has 1 atom stereocenters. The summed E-state index contributed by atoms with van der Waals surface area (Å²) >= 11 is 0. The minimum atomic E-state index is -0.891. The molecule has 3 N–H and O–H groups in total. The highest BCUT2D eigenvalue weighted by Gasteiger charge is 2.24. The maximum atomic E-state index is 13.4. The van der Waals surface area contributed by atoms with Gasteiger partial charge in [0, 0.05) is 12.0 Å². The summed E-state index contributed by atoms with van der Waals surface area (Å²) in [5.74, 6) is -0.710. The van der Waals surface area contributed by atoms with Gasteiger partial charge in [-0.05, 0) is 42.0 Å². The first-order chi connectivity index (χ1) is 18.0. The predicted octanol–water partition coefficient (Wildman–Crippen LogP) is 4.93. The van der Waals surface area contributed by atoms with Gasteiger partial charge in [-0.25, -0.2) is 0 Å². The van der Waals surface area contributed by atoms with E-state index in [0.29, 0.717) is 22.7 Å². The third-order valence-corrected chi connectivity index (χ3v) is 5.73. The van der Waals surface area contributed by atoms with Crippen molar-refractivity contribution in [2.24, 2.45) is 0 Å². The molecule has 0 radical (unpaired) electrons. The predicted molar refractivity (Wildman–Crippen MR) is 144 cm³/mol. The molecule has 0 spiro atoms. The molecule has 37 heavy (non-hydrogen) atoms. The van der Waals surface area contributed by atoms with Gasteiger partial charge in [-0.3, -0.25) is 14.4 Å². The number of nitrogens with one attached hydrogen (secondary N) is 3.